The first-order chi connectivity index (χ1) is 6.72. The van der Waals surface area contributed by atoms with E-state index in [-0.39, 0.29) is 11.9 Å². The summed E-state index contributed by atoms with van der Waals surface area (Å²) in [6, 6.07) is 0.356. The molecular weight excluding hydrogens is 176 g/mol. The number of carbonyl (C=O) groups excluding carboxylic acids is 1. The summed E-state index contributed by atoms with van der Waals surface area (Å²) in [5, 5.41) is 5.95. The summed E-state index contributed by atoms with van der Waals surface area (Å²) in [4.78, 5) is 11.3. The molecule has 3 nitrogen and oxygen atoms in total. The van der Waals surface area contributed by atoms with Crippen LogP contribution < -0.4 is 10.6 Å². The highest BCUT2D eigenvalue weighted by Crippen LogP contribution is 2.17. The fourth-order valence-electron chi connectivity index (χ4n) is 1.70. The maximum absolute atomic E-state index is 11.3. The maximum atomic E-state index is 11.3. The van der Waals surface area contributed by atoms with Crippen molar-refractivity contribution in [3.8, 4) is 12.3 Å². The number of terminal acetylenes is 1. The van der Waals surface area contributed by atoms with Gasteiger partial charge in [0.25, 0.3) is 0 Å². The minimum atomic E-state index is -0.173. The fourth-order valence-corrected chi connectivity index (χ4v) is 1.70. The number of rotatable bonds is 4. The smallest absolute Gasteiger partial charge is 0.234 e. The Hall–Kier alpha value is -1.01. The fraction of sp³-hybridized carbons (Fsp3) is 0.727. The molecule has 0 spiro atoms. The average Bonchev–Trinajstić information content (AvgIpc) is 2.67. The summed E-state index contributed by atoms with van der Waals surface area (Å²) >= 11 is 0. The zero-order valence-corrected chi connectivity index (χ0v) is 8.68. The van der Waals surface area contributed by atoms with E-state index in [0.717, 1.165) is 0 Å². The van der Waals surface area contributed by atoms with Crippen LogP contribution in [0, 0.1) is 12.3 Å². The number of hydrogen-bond donors (Lipinski definition) is 2. The molecule has 1 unspecified atom stereocenters. The number of hydrogen-bond acceptors (Lipinski definition) is 2. The highest BCUT2D eigenvalue weighted by atomic mass is 16.1. The SMILES string of the molecule is C#CC(C)NC(=O)CNC1CCCC1. The van der Waals surface area contributed by atoms with E-state index in [9.17, 15) is 4.79 Å². The molecule has 78 valence electrons. The maximum Gasteiger partial charge on any atom is 0.234 e. The lowest BCUT2D eigenvalue weighted by Gasteiger charge is -2.12. The van der Waals surface area contributed by atoms with Crippen molar-refractivity contribution in [2.45, 2.75) is 44.7 Å². The molecule has 3 heteroatoms. The molecule has 1 saturated carbocycles. The molecule has 0 radical (unpaired) electrons. The Morgan fingerprint density at radius 3 is 2.79 bits per heavy atom. The Morgan fingerprint density at radius 1 is 1.57 bits per heavy atom. The van der Waals surface area contributed by atoms with Gasteiger partial charge >= 0.3 is 0 Å². The normalized spacial score (nSPS) is 18.9. The van der Waals surface area contributed by atoms with Gasteiger partial charge in [0.1, 0.15) is 0 Å². The highest BCUT2D eigenvalue weighted by molar-refractivity contribution is 5.78. The molecule has 0 aromatic heterocycles. The predicted octanol–water partition coefficient (Wildman–Crippen LogP) is 0.656. The van der Waals surface area contributed by atoms with Gasteiger partial charge in [0, 0.05) is 6.04 Å². The quantitative estimate of drug-likeness (QED) is 0.645. The first-order valence-corrected chi connectivity index (χ1v) is 5.21. The third-order valence-electron chi connectivity index (χ3n) is 2.53. The summed E-state index contributed by atoms with van der Waals surface area (Å²) in [7, 11) is 0. The van der Waals surface area contributed by atoms with Gasteiger partial charge in [-0.05, 0) is 19.8 Å². The van der Waals surface area contributed by atoms with Crippen LogP contribution in [0.2, 0.25) is 0 Å². The van der Waals surface area contributed by atoms with Crippen molar-refractivity contribution in [2.24, 2.45) is 0 Å². The van der Waals surface area contributed by atoms with Crippen molar-refractivity contribution < 1.29 is 4.79 Å². The lowest BCUT2D eigenvalue weighted by atomic mass is 10.2. The summed E-state index contributed by atoms with van der Waals surface area (Å²) in [6.45, 7) is 2.18. The third-order valence-corrected chi connectivity index (χ3v) is 2.53. The molecule has 1 aliphatic rings. The molecule has 1 fully saturated rings. The van der Waals surface area contributed by atoms with Gasteiger partial charge in [-0.2, -0.15) is 0 Å². The molecule has 0 aromatic rings. The van der Waals surface area contributed by atoms with Crippen LogP contribution in [-0.2, 0) is 4.79 Å². The monoisotopic (exact) mass is 194 g/mol. The van der Waals surface area contributed by atoms with Crippen LogP contribution in [0.4, 0.5) is 0 Å². The van der Waals surface area contributed by atoms with Gasteiger partial charge in [0.05, 0.1) is 12.6 Å². The van der Waals surface area contributed by atoms with Crippen molar-refractivity contribution in [1.29, 1.82) is 0 Å². The molecule has 1 rings (SSSR count). The van der Waals surface area contributed by atoms with Crippen LogP contribution in [0.3, 0.4) is 0 Å². The highest BCUT2D eigenvalue weighted by Gasteiger charge is 2.15. The van der Waals surface area contributed by atoms with E-state index in [1.165, 1.54) is 25.7 Å². The molecule has 0 aromatic carbocycles. The zero-order chi connectivity index (χ0) is 10.4. The van der Waals surface area contributed by atoms with E-state index in [0.29, 0.717) is 12.6 Å². The van der Waals surface area contributed by atoms with E-state index in [1.807, 2.05) is 0 Å². The molecule has 1 atom stereocenters. The van der Waals surface area contributed by atoms with Gasteiger partial charge in [-0.3, -0.25) is 4.79 Å². The minimum absolute atomic E-state index is 0.0117. The van der Waals surface area contributed by atoms with Gasteiger partial charge in [-0.15, -0.1) is 6.42 Å². The molecule has 14 heavy (non-hydrogen) atoms. The van der Waals surface area contributed by atoms with Crippen LogP contribution >= 0.6 is 0 Å². The molecule has 0 heterocycles. The van der Waals surface area contributed by atoms with Gasteiger partial charge in [-0.25, -0.2) is 0 Å². The predicted molar refractivity (Wildman–Crippen MR) is 56.7 cm³/mol. The Labute approximate surface area is 85.6 Å². The second-order valence-electron chi connectivity index (χ2n) is 3.82. The van der Waals surface area contributed by atoms with Gasteiger partial charge in [0.15, 0.2) is 0 Å². The molecule has 2 N–H and O–H groups in total. The summed E-state index contributed by atoms with van der Waals surface area (Å²) in [5.74, 6) is 2.45. The van der Waals surface area contributed by atoms with E-state index in [2.05, 4.69) is 16.6 Å². The number of carbonyl (C=O) groups is 1. The lowest BCUT2D eigenvalue weighted by molar-refractivity contribution is -0.120. The van der Waals surface area contributed by atoms with Crippen LogP contribution in [0.5, 0.6) is 0 Å². The third kappa shape index (κ3) is 3.80. The van der Waals surface area contributed by atoms with Gasteiger partial charge in [0.2, 0.25) is 5.91 Å². The van der Waals surface area contributed by atoms with E-state index in [1.54, 1.807) is 6.92 Å². The van der Waals surface area contributed by atoms with Crippen molar-refractivity contribution in [2.75, 3.05) is 6.54 Å². The number of nitrogens with one attached hydrogen (secondary N) is 2. The first kappa shape index (κ1) is 11.1. The van der Waals surface area contributed by atoms with Crippen molar-refractivity contribution >= 4 is 5.91 Å². The van der Waals surface area contributed by atoms with Crippen LogP contribution in [0.25, 0.3) is 0 Å². The van der Waals surface area contributed by atoms with Crippen LogP contribution in [0.1, 0.15) is 32.6 Å². The largest absolute Gasteiger partial charge is 0.342 e. The molecule has 1 aliphatic carbocycles. The average molecular weight is 194 g/mol. The van der Waals surface area contributed by atoms with Crippen molar-refractivity contribution in [3.63, 3.8) is 0 Å². The van der Waals surface area contributed by atoms with Crippen molar-refractivity contribution in [3.05, 3.63) is 0 Å². The second-order valence-corrected chi connectivity index (χ2v) is 3.82. The lowest BCUT2D eigenvalue weighted by Crippen LogP contribution is -2.41. The molecule has 1 amide bonds. The Morgan fingerprint density at radius 2 is 2.21 bits per heavy atom. The first-order valence-electron chi connectivity index (χ1n) is 5.21. The summed E-state index contributed by atoms with van der Waals surface area (Å²) < 4.78 is 0. The second kappa shape index (κ2) is 5.66. The van der Waals surface area contributed by atoms with Gasteiger partial charge in [-0.1, -0.05) is 18.8 Å². The Kier molecular flexibility index (Phi) is 4.48. The molecular formula is C11H18N2O. The summed E-state index contributed by atoms with van der Waals surface area (Å²) in [6.07, 6.45) is 10.1. The van der Waals surface area contributed by atoms with Crippen LogP contribution in [0.15, 0.2) is 0 Å². The van der Waals surface area contributed by atoms with Crippen molar-refractivity contribution in [1.82, 2.24) is 10.6 Å². The van der Waals surface area contributed by atoms with Gasteiger partial charge < -0.3 is 10.6 Å². The standard InChI is InChI=1S/C11H18N2O/c1-3-9(2)13-11(14)8-12-10-6-4-5-7-10/h1,9-10,12H,4-8H2,2H3,(H,13,14). The zero-order valence-electron chi connectivity index (χ0n) is 8.68. The molecule has 0 bridgehead atoms. The Balaban J connectivity index is 2.11. The Bertz CT molecular complexity index is 226. The van der Waals surface area contributed by atoms with E-state index >= 15 is 0 Å². The van der Waals surface area contributed by atoms with E-state index in [4.69, 9.17) is 6.42 Å². The number of amides is 1. The molecule has 0 aliphatic heterocycles. The summed E-state index contributed by atoms with van der Waals surface area (Å²) in [5.41, 5.74) is 0. The van der Waals surface area contributed by atoms with E-state index < -0.39 is 0 Å². The topological polar surface area (TPSA) is 41.1 Å². The minimum Gasteiger partial charge on any atom is -0.342 e. The van der Waals surface area contributed by atoms with Crippen LogP contribution in [-0.4, -0.2) is 24.5 Å². The molecule has 0 saturated heterocycles.